The van der Waals surface area contributed by atoms with Crippen LogP contribution in [-0.2, 0) is 0 Å². The molecular formula is C10H17NO. The number of aryl methyl sites for hydroxylation is 1. The molecule has 0 spiro atoms. The summed E-state index contributed by atoms with van der Waals surface area (Å²) >= 11 is 0. The highest BCUT2D eigenvalue weighted by molar-refractivity contribution is 5.15. The van der Waals surface area contributed by atoms with E-state index in [9.17, 15) is 0 Å². The summed E-state index contributed by atoms with van der Waals surface area (Å²) < 4.78 is 5.22. The number of nitrogens with zero attached hydrogens (tertiary/aromatic N) is 1. The molecule has 1 unspecified atom stereocenters. The molecule has 0 aliphatic heterocycles. The third-order valence-corrected chi connectivity index (χ3v) is 2.29. The summed E-state index contributed by atoms with van der Waals surface area (Å²) in [6.45, 7) is 6.46. The van der Waals surface area contributed by atoms with E-state index in [-0.39, 0.29) is 0 Å². The van der Waals surface area contributed by atoms with Crippen LogP contribution in [0.2, 0.25) is 0 Å². The van der Waals surface area contributed by atoms with Crippen LogP contribution >= 0.6 is 0 Å². The zero-order valence-electron chi connectivity index (χ0n) is 8.13. The van der Waals surface area contributed by atoms with Crippen LogP contribution in [0.25, 0.3) is 0 Å². The zero-order valence-corrected chi connectivity index (χ0v) is 8.13. The molecule has 1 aromatic heterocycles. The lowest BCUT2D eigenvalue weighted by atomic mass is 9.96. The second-order valence-electron chi connectivity index (χ2n) is 3.27. The molecular weight excluding hydrogens is 150 g/mol. The van der Waals surface area contributed by atoms with Crippen LogP contribution in [0.5, 0.6) is 0 Å². The highest BCUT2D eigenvalue weighted by Crippen LogP contribution is 2.26. The van der Waals surface area contributed by atoms with Gasteiger partial charge in [-0.1, -0.05) is 25.4 Å². The van der Waals surface area contributed by atoms with Crippen molar-refractivity contribution in [3.63, 3.8) is 0 Å². The molecule has 0 aliphatic carbocycles. The van der Waals surface area contributed by atoms with Gasteiger partial charge in [0.15, 0.2) is 0 Å². The van der Waals surface area contributed by atoms with Gasteiger partial charge in [0, 0.05) is 11.5 Å². The summed E-state index contributed by atoms with van der Waals surface area (Å²) in [5.41, 5.74) is 1.19. The second-order valence-corrected chi connectivity index (χ2v) is 3.27. The van der Waals surface area contributed by atoms with Gasteiger partial charge in [0.2, 0.25) is 0 Å². The van der Waals surface area contributed by atoms with E-state index in [0.29, 0.717) is 5.92 Å². The van der Waals surface area contributed by atoms with Crippen LogP contribution in [0.4, 0.5) is 0 Å². The summed E-state index contributed by atoms with van der Waals surface area (Å²) in [6, 6.07) is 0. The number of aromatic nitrogens is 1. The van der Waals surface area contributed by atoms with Gasteiger partial charge >= 0.3 is 0 Å². The fourth-order valence-corrected chi connectivity index (χ4v) is 1.56. The number of hydrogen-bond donors (Lipinski definition) is 0. The fraction of sp³-hybridized carbons (Fsp3) is 0.700. The molecule has 0 aliphatic rings. The minimum absolute atomic E-state index is 0.567. The van der Waals surface area contributed by atoms with Crippen molar-refractivity contribution in [3.8, 4) is 0 Å². The van der Waals surface area contributed by atoms with Crippen molar-refractivity contribution in [2.45, 2.75) is 46.0 Å². The summed E-state index contributed by atoms with van der Waals surface area (Å²) in [5, 5.41) is 3.80. The Morgan fingerprint density at radius 2 is 2.25 bits per heavy atom. The van der Waals surface area contributed by atoms with E-state index in [4.69, 9.17) is 4.52 Å². The van der Waals surface area contributed by atoms with Gasteiger partial charge in [0.25, 0.3) is 0 Å². The summed E-state index contributed by atoms with van der Waals surface area (Å²) in [6.07, 6.45) is 5.35. The van der Waals surface area contributed by atoms with Crippen LogP contribution in [0, 0.1) is 6.92 Å². The average molecular weight is 167 g/mol. The molecule has 1 atom stereocenters. The van der Waals surface area contributed by atoms with Crippen molar-refractivity contribution in [2.75, 3.05) is 0 Å². The van der Waals surface area contributed by atoms with E-state index in [2.05, 4.69) is 25.9 Å². The van der Waals surface area contributed by atoms with Crippen LogP contribution in [0.15, 0.2) is 10.7 Å². The molecule has 0 saturated carbocycles. The minimum atomic E-state index is 0.567. The molecule has 1 heterocycles. The van der Waals surface area contributed by atoms with Crippen molar-refractivity contribution in [1.29, 1.82) is 0 Å². The first-order valence-corrected chi connectivity index (χ1v) is 4.70. The van der Waals surface area contributed by atoms with E-state index in [1.807, 2.05) is 0 Å². The Labute approximate surface area is 74.0 Å². The smallest absolute Gasteiger partial charge is 0.142 e. The van der Waals surface area contributed by atoms with Crippen molar-refractivity contribution in [3.05, 3.63) is 17.5 Å². The van der Waals surface area contributed by atoms with E-state index < -0.39 is 0 Å². The van der Waals surface area contributed by atoms with Gasteiger partial charge in [0.1, 0.15) is 5.76 Å². The van der Waals surface area contributed by atoms with Gasteiger partial charge in [-0.05, 0) is 19.8 Å². The Hall–Kier alpha value is -0.790. The Morgan fingerprint density at radius 3 is 2.67 bits per heavy atom. The molecule has 2 heteroatoms. The highest BCUT2D eigenvalue weighted by Gasteiger charge is 2.14. The van der Waals surface area contributed by atoms with E-state index in [1.54, 1.807) is 6.20 Å². The number of hydrogen-bond acceptors (Lipinski definition) is 2. The second kappa shape index (κ2) is 4.29. The lowest BCUT2D eigenvalue weighted by Gasteiger charge is -2.09. The van der Waals surface area contributed by atoms with Gasteiger partial charge in [-0.3, -0.25) is 0 Å². The zero-order chi connectivity index (χ0) is 8.97. The molecule has 0 radical (unpaired) electrons. The predicted octanol–water partition coefficient (Wildman–Crippen LogP) is 3.28. The highest BCUT2D eigenvalue weighted by atomic mass is 16.5. The molecule has 0 bridgehead atoms. The van der Waals surface area contributed by atoms with Crippen LogP contribution in [0.1, 0.15) is 50.4 Å². The summed E-state index contributed by atoms with van der Waals surface area (Å²) in [7, 11) is 0. The maximum atomic E-state index is 5.22. The first-order chi connectivity index (χ1) is 5.79. The molecule has 0 fully saturated rings. The minimum Gasteiger partial charge on any atom is -0.361 e. The van der Waals surface area contributed by atoms with Crippen LogP contribution in [0.3, 0.4) is 0 Å². The average Bonchev–Trinajstić information content (AvgIpc) is 2.47. The lowest BCUT2D eigenvalue weighted by Crippen LogP contribution is -1.96. The molecule has 1 aromatic rings. The molecule has 68 valence electrons. The van der Waals surface area contributed by atoms with Gasteiger partial charge in [-0.25, -0.2) is 0 Å². The molecule has 1 rings (SSSR count). The van der Waals surface area contributed by atoms with Crippen molar-refractivity contribution in [2.24, 2.45) is 0 Å². The fourth-order valence-electron chi connectivity index (χ4n) is 1.56. The van der Waals surface area contributed by atoms with Gasteiger partial charge in [0.05, 0.1) is 6.20 Å². The van der Waals surface area contributed by atoms with Crippen LogP contribution < -0.4 is 0 Å². The first kappa shape index (κ1) is 9.30. The summed E-state index contributed by atoms with van der Waals surface area (Å²) in [5.74, 6) is 1.65. The SMILES string of the molecule is CCCC(CC)c1oncc1C. The Morgan fingerprint density at radius 1 is 1.50 bits per heavy atom. The normalized spacial score (nSPS) is 13.2. The van der Waals surface area contributed by atoms with Gasteiger partial charge < -0.3 is 4.52 Å². The molecule has 0 saturated heterocycles. The maximum absolute atomic E-state index is 5.22. The Balaban J connectivity index is 2.72. The Bertz CT molecular complexity index is 229. The molecule has 0 N–H and O–H groups in total. The topological polar surface area (TPSA) is 26.0 Å². The largest absolute Gasteiger partial charge is 0.361 e. The summed E-state index contributed by atoms with van der Waals surface area (Å²) in [4.78, 5) is 0. The van der Waals surface area contributed by atoms with E-state index in [1.165, 1.54) is 18.4 Å². The van der Waals surface area contributed by atoms with Gasteiger partial charge in [-0.15, -0.1) is 0 Å². The third kappa shape index (κ3) is 1.87. The number of rotatable bonds is 4. The maximum Gasteiger partial charge on any atom is 0.142 e. The van der Waals surface area contributed by atoms with Gasteiger partial charge in [-0.2, -0.15) is 0 Å². The molecule has 12 heavy (non-hydrogen) atoms. The first-order valence-electron chi connectivity index (χ1n) is 4.70. The van der Waals surface area contributed by atoms with Crippen molar-refractivity contribution >= 4 is 0 Å². The van der Waals surface area contributed by atoms with Crippen molar-refractivity contribution < 1.29 is 4.52 Å². The molecule has 0 amide bonds. The van der Waals surface area contributed by atoms with E-state index in [0.717, 1.165) is 12.2 Å². The Kier molecular flexibility index (Phi) is 3.32. The lowest BCUT2D eigenvalue weighted by molar-refractivity contribution is 0.347. The predicted molar refractivity (Wildman–Crippen MR) is 49.2 cm³/mol. The quantitative estimate of drug-likeness (QED) is 0.687. The van der Waals surface area contributed by atoms with E-state index >= 15 is 0 Å². The van der Waals surface area contributed by atoms with Crippen LogP contribution in [-0.4, -0.2) is 5.16 Å². The molecule has 0 aromatic carbocycles. The third-order valence-electron chi connectivity index (χ3n) is 2.29. The van der Waals surface area contributed by atoms with Crippen molar-refractivity contribution in [1.82, 2.24) is 5.16 Å². The standard InChI is InChI=1S/C10H17NO/c1-4-6-9(5-2)10-8(3)7-11-12-10/h7,9H,4-6H2,1-3H3. The monoisotopic (exact) mass is 167 g/mol. The molecule has 2 nitrogen and oxygen atoms in total.